The standard InChI is InChI=1S/C31H44FNO/c1-2-3-5-8-26-15-17-28(18-16-26)29-19-21-31(22-20-29)34-24-27-13-11-25(12-14-27)9-6-4-7-10-30(32)23-33/h4,7,10,15-18,25,27,29,31H,2-3,5-6,8-9,11-14,19-22,24H2,1H3/b7-4+,30-10-. The van der Waals surface area contributed by atoms with Crippen molar-refractivity contribution < 1.29 is 9.13 Å². The smallest absolute Gasteiger partial charge is 0.199 e. The van der Waals surface area contributed by atoms with Gasteiger partial charge in [0.05, 0.1) is 6.10 Å². The maximum Gasteiger partial charge on any atom is 0.199 e. The van der Waals surface area contributed by atoms with Gasteiger partial charge in [0, 0.05) is 6.61 Å². The third-order valence-corrected chi connectivity index (χ3v) is 7.96. The third-order valence-electron chi connectivity index (χ3n) is 7.96. The van der Waals surface area contributed by atoms with E-state index >= 15 is 0 Å². The normalized spacial score (nSPS) is 26.0. The number of benzene rings is 1. The Balaban J connectivity index is 1.27. The maximum atomic E-state index is 12.8. The molecular weight excluding hydrogens is 421 g/mol. The van der Waals surface area contributed by atoms with Crippen LogP contribution in [-0.4, -0.2) is 12.7 Å². The molecular formula is C31H44FNO. The van der Waals surface area contributed by atoms with Gasteiger partial charge in [0.2, 0.25) is 0 Å². The first-order valence-electron chi connectivity index (χ1n) is 13.8. The SMILES string of the molecule is CCCCCc1ccc(C2CCC(OCC3CCC(CC/C=C/C=C(\F)C#N)CC3)CC2)cc1. The molecule has 1 aromatic carbocycles. The van der Waals surface area contributed by atoms with Crippen LogP contribution in [0.5, 0.6) is 0 Å². The number of nitrogens with zero attached hydrogens (tertiary/aromatic N) is 1. The largest absolute Gasteiger partial charge is 0.378 e. The van der Waals surface area contributed by atoms with Crippen molar-refractivity contribution >= 4 is 0 Å². The Kier molecular flexibility index (Phi) is 11.9. The van der Waals surface area contributed by atoms with Crippen molar-refractivity contribution in [3.63, 3.8) is 0 Å². The first kappa shape index (κ1) is 26.7. The van der Waals surface area contributed by atoms with Gasteiger partial charge in [-0.15, -0.1) is 0 Å². The lowest BCUT2D eigenvalue weighted by atomic mass is 9.80. The Morgan fingerprint density at radius 2 is 1.71 bits per heavy atom. The summed E-state index contributed by atoms with van der Waals surface area (Å²) in [5, 5.41) is 8.40. The quantitative estimate of drug-likeness (QED) is 0.175. The van der Waals surface area contributed by atoms with Crippen LogP contribution < -0.4 is 0 Å². The number of hydrogen-bond acceptors (Lipinski definition) is 2. The number of aryl methyl sites for hydroxylation is 1. The molecule has 0 unspecified atom stereocenters. The van der Waals surface area contributed by atoms with E-state index in [1.165, 1.54) is 100 Å². The van der Waals surface area contributed by atoms with Crippen LogP contribution in [0.25, 0.3) is 0 Å². The molecule has 2 aliphatic rings. The fraction of sp³-hybridized carbons (Fsp3) is 0.645. The van der Waals surface area contributed by atoms with E-state index < -0.39 is 5.83 Å². The van der Waals surface area contributed by atoms with Crippen molar-refractivity contribution in [3.8, 4) is 6.07 Å². The van der Waals surface area contributed by atoms with E-state index in [2.05, 4.69) is 31.2 Å². The average molecular weight is 466 g/mol. The molecule has 0 bridgehead atoms. The molecule has 0 radical (unpaired) electrons. The second-order valence-corrected chi connectivity index (χ2v) is 10.5. The van der Waals surface area contributed by atoms with Crippen molar-refractivity contribution in [1.29, 1.82) is 5.26 Å². The summed E-state index contributed by atoms with van der Waals surface area (Å²) in [6, 6.07) is 11.0. The Morgan fingerprint density at radius 3 is 2.38 bits per heavy atom. The number of allylic oxidation sites excluding steroid dienone is 4. The van der Waals surface area contributed by atoms with E-state index in [1.54, 1.807) is 6.08 Å². The molecule has 0 N–H and O–H groups in total. The zero-order chi connectivity index (χ0) is 24.0. The summed E-state index contributed by atoms with van der Waals surface area (Å²) in [5.74, 6) is 1.48. The second-order valence-electron chi connectivity index (χ2n) is 10.5. The number of halogens is 1. The summed E-state index contributed by atoms with van der Waals surface area (Å²) in [5.41, 5.74) is 3.01. The van der Waals surface area contributed by atoms with E-state index in [1.807, 2.05) is 6.08 Å². The molecule has 186 valence electrons. The number of ether oxygens (including phenoxy) is 1. The van der Waals surface area contributed by atoms with Crippen LogP contribution in [-0.2, 0) is 11.2 Å². The summed E-state index contributed by atoms with van der Waals surface area (Å²) in [7, 11) is 0. The van der Waals surface area contributed by atoms with Crippen molar-refractivity contribution in [3.05, 3.63) is 59.4 Å². The van der Waals surface area contributed by atoms with Crippen LogP contribution in [0.3, 0.4) is 0 Å². The van der Waals surface area contributed by atoms with Gasteiger partial charge < -0.3 is 4.74 Å². The molecule has 0 heterocycles. The molecule has 3 rings (SSSR count). The highest BCUT2D eigenvalue weighted by Crippen LogP contribution is 2.36. The van der Waals surface area contributed by atoms with E-state index in [0.29, 0.717) is 12.0 Å². The Hall–Kier alpha value is -1.92. The summed E-state index contributed by atoms with van der Waals surface area (Å²) in [6.45, 7) is 3.20. The van der Waals surface area contributed by atoms with E-state index in [4.69, 9.17) is 10.00 Å². The van der Waals surface area contributed by atoms with Gasteiger partial charge >= 0.3 is 0 Å². The molecule has 2 aliphatic carbocycles. The molecule has 2 fully saturated rings. The van der Waals surface area contributed by atoms with E-state index in [-0.39, 0.29) is 0 Å². The van der Waals surface area contributed by atoms with Crippen LogP contribution in [0.15, 0.2) is 48.3 Å². The minimum absolute atomic E-state index is 0.453. The molecule has 34 heavy (non-hydrogen) atoms. The summed E-state index contributed by atoms with van der Waals surface area (Å²) in [4.78, 5) is 0. The Labute approximate surface area is 207 Å². The fourth-order valence-electron chi connectivity index (χ4n) is 5.68. The lowest BCUT2D eigenvalue weighted by molar-refractivity contribution is -0.00474. The van der Waals surface area contributed by atoms with Crippen LogP contribution in [0.1, 0.15) is 107 Å². The molecule has 3 heteroatoms. The Bertz CT molecular complexity index is 790. The third kappa shape index (κ3) is 9.38. The predicted octanol–water partition coefficient (Wildman–Crippen LogP) is 8.98. The monoisotopic (exact) mass is 465 g/mol. The van der Waals surface area contributed by atoms with Gasteiger partial charge in [0.25, 0.3) is 0 Å². The summed E-state index contributed by atoms with van der Waals surface area (Å²) < 4.78 is 19.1. The van der Waals surface area contributed by atoms with Gasteiger partial charge in [-0.1, -0.05) is 69.0 Å². The lowest BCUT2D eigenvalue weighted by Crippen LogP contribution is -2.25. The van der Waals surface area contributed by atoms with Crippen LogP contribution in [0, 0.1) is 23.2 Å². The molecule has 1 aromatic rings. The molecule has 0 amide bonds. The highest BCUT2D eigenvalue weighted by Gasteiger charge is 2.25. The van der Waals surface area contributed by atoms with Crippen molar-refractivity contribution in [1.82, 2.24) is 0 Å². The van der Waals surface area contributed by atoms with Gasteiger partial charge in [0.1, 0.15) is 6.07 Å². The fourth-order valence-corrected chi connectivity index (χ4v) is 5.68. The molecule has 0 aromatic heterocycles. The zero-order valence-electron chi connectivity index (χ0n) is 21.2. The van der Waals surface area contributed by atoms with Crippen molar-refractivity contribution in [2.45, 2.75) is 109 Å². The molecule has 0 atom stereocenters. The van der Waals surface area contributed by atoms with Gasteiger partial charge in [-0.3, -0.25) is 0 Å². The summed E-state index contributed by atoms with van der Waals surface area (Å²) >= 11 is 0. The van der Waals surface area contributed by atoms with Crippen molar-refractivity contribution in [2.75, 3.05) is 6.61 Å². The highest BCUT2D eigenvalue weighted by atomic mass is 19.1. The van der Waals surface area contributed by atoms with Gasteiger partial charge in [-0.25, -0.2) is 0 Å². The average Bonchev–Trinajstić information content (AvgIpc) is 2.89. The van der Waals surface area contributed by atoms with Gasteiger partial charge in [-0.05, 0) is 99.2 Å². The maximum absolute atomic E-state index is 12.8. The second kappa shape index (κ2) is 15.2. The number of unbranched alkanes of at least 4 members (excludes halogenated alkanes) is 2. The Morgan fingerprint density at radius 1 is 1.00 bits per heavy atom. The van der Waals surface area contributed by atoms with E-state index in [9.17, 15) is 4.39 Å². The zero-order valence-corrected chi connectivity index (χ0v) is 21.2. The van der Waals surface area contributed by atoms with Crippen LogP contribution in [0.2, 0.25) is 0 Å². The first-order valence-corrected chi connectivity index (χ1v) is 13.8. The molecule has 2 saturated carbocycles. The molecule has 0 spiro atoms. The van der Waals surface area contributed by atoms with Crippen LogP contribution in [0.4, 0.5) is 4.39 Å². The minimum atomic E-state index is -0.725. The summed E-state index contributed by atoms with van der Waals surface area (Å²) in [6.07, 6.45) is 22.6. The van der Waals surface area contributed by atoms with Gasteiger partial charge in [0.15, 0.2) is 5.83 Å². The highest BCUT2D eigenvalue weighted by molar-refractivity contribution is 5.26. The lowest BCUT2D eigenvalue weighted by Gasteiger charge is -2.32. The van der Waals surface area contributed by atoms with E-state index in [0.717, 1.165) is 31.3 Å². The molecule has 0 saturated heterocycles. The molecule has 0 aliphatic heterocycles. The number of rotatable bonds is 12. The van der Waals surface area contributed by atoms with Gasteiger partial charge in [-0.2, -0.15) is 9.65 Å². The van der Waals surface area contributed by atoms with Crippen LogP contribution >= 0.6 is 0 Å². The number of hydrogen-bond donors (Lipinski definition) is 0. The first-order chi connectivity index (χ1) is 16.7. The van der Waals surface area contributed by atoms with Crippen molar-refractivity contribution in [2.24, 2.45) is 11.8 Å². The topological polar surface area (TPSA) is 33.0 Å². The minimum Gasteiger partial charge on any atom is -0.378 e. The molecule has 2 nitrogen and oxygen atoms in total. The predicted molar refractivity (Wildman–Crippen MR) is 139 cm³/mol. The number of nitriles is 1.